The van der Waals surface area contributed by atoms with E-state index in [-0.39, 0.29) is 0 Å². The van der Waals surface area contributed by atoms with Gasteiger partial charge in [0, 0.05) is 5.56 Å². The molecule has 0 aliphatic carbocycles. The maximum Gasteiger partial charge on any atom is 0.185 e. The van der Waals surface area contributed by atoms with Crippen LogP contribution in [-0.2, 0) is 0 Å². The summed E-state index contributed by atoms with van der Waals surface area (Å²) in [5, 5.41) is 8.97. The predicted octanol–water partition coefficient (Wildman–Crippen LogP) is 4.30. The van der Waals surface area contributed by atoms with E-state index in [2.05, 4.69) is 6.07 Å². The van der Waals surface area contributed by atoms with Gasteiger partial charge in [-0.2, -0.15) is 5.26 Å². The Bertz CT molecular complexity index is 840. The molecule has 0 atom stereocenters. The van der Waals surface area contributed by atoms with Gasteiger partial charge in [0.25, 0.3) is 0 Å². The van der Waals surface area contributed by atoms with Crippen molar-refractivity contribution in [3.05, 3.63) is 72.0 Å². The normalized spacial score (nSPS) is 10.0. The molecular formula is C18H11NO2. The van der Waals surface area contributed by atoms with Crippen molar-refractivity contribution in [1.29, 1.82) is 5.26 Å². The molecular weight excluding hydrogens is 262 g/mol. The van der Waals surface area contributed by atoms with Crippen LogP contribution in [0.25, 0.3) is 22.5 Å². The summed E-state index contributed by atoms with van der Waals surface area (Å²) in [5.74, 6) is 0.956. The molecule has 0 N–H and O–H groups in total. The molecule has 0 amide bonds. The van der Waals surface area contributed by atoms with Gasteiger partial charge in [0.05, 0.1) is 11.6 Å². The van der Waals surface area contributed by atoms with E-state index in [0.717, 1.165) is 16.7 Å². The lowest BCUT2D eigenvalue weighted by molar-refractivity contribution is 0.110. The van der Waals surface area contributed by atoms with Crippen LogP contribution in [0, 0.1) is 11.3 Å². The van der Waals surface area contributed by atoms with Gasteiger partial charge in [-0.25, -0.2) is 0 Å². The average molecular weight is 273 g/mol. The number of carbonyl (C=O) groups excluding carboxylic acids is 1. The first-order valence-corrected chi connectivity index (χ1v) is 6.46. The molecule has 0 saturated heterocycles. The number of hydrogen-bond donors (Lipinski definition) is 0. The van der Waals surface area contributed by atoms with Crippen molar-refractivity contribution < 1.29 is 9.21 Å². The summed E-state index contributed by atoms with van der Waals surface area (Å²) < 4.78 is 5.43. The van der Waals surface area contributed by atoms with Crippen molar-refractivity contribution >= 4 is 6.29 Å². The summed E-state index contributed by atoms with van der Waals surface area (Å²) >= 11 is 0. The Kier molecular flexibility index (Phi) is 3.36. The lowest BCUT2D eigenvalue weighted by Crippen LogP contribution is -1.81. The first-order valence-electron chi connectivity index (χ1n) is 6.46. The minimum Gasteiger partial charge on any atom is -0.453 e. The number of furan rings is 1. The van der Waals surface area contributed by atoms with Crippen molar-refractivity contribution in [2.45, 2.75) is 0 Å². The summed E-state index contributed by atoms with van der Waals surface area (Å²) in [6.45, 7) is 0. The fourth-order valence-electron chi connectivity index (χ4n) is 2.19. The molecule has 3 nitrogen and oxygen atoms in total. The van der Waals surface area contributed by atoms with Gasteiger partial charge in [-0.15, -0.1) is 0 Å². The standard InChI is InChI=1S/C18H11NO2/c19-11-13-3-1-4-14(9-13)15-5-2-6-16(10-15)18-8-7-17(12-20)21-18/h1-10,12H. The topological polar surface area (TPSA) is 54.0 Å². The fraction of sp³-hybridized carbons (Fsp3) is 0. The molecule has 0 aliphatic rings. The zero-order valence-corrected chi connectivity index (χ0v) is 11.1. The maximum atomic E-state index is 10.7. The van der Waals surface area contributed by atoms with E-state index in [4.69, 9.17) is 9.68 Å². The molecule has 0 aliphatic heterocycles. The van der Waals surface area contributed by atoms with E-state index < -0.39 is 0 Å². The Morgan fingerprint density at radius 2 is 1.62 bits per heavy atom. The third-order valence-electron chi connectivity index (χ3n) is 3.22. The number of nitrogens with zero attached hydrogens (tertiary/aromatic N) is 1. The molecule has 100 valence electrons. The van der Waals surface area contributed by atoms with Crippen molar-refractivity contribution in [2.24, 2.45) is 0 Å². The summed E-state index contributed by atoms with van der Waals surface area (Å²) in [5.41, 5.74) is 3.48. The van der Waals surface area contributed by atoms with Crippen LogP contribution >= 0.6 is 0 Å². The van der Waals surface area contributed by atoms with Crippen LogP contribution in [0.2, 0.25) is 0 Å². The van der Waals surface area contributed by atoms with E-state index in [1.807, 2.05) is 42.5 Å². The molecule has 21 heavy (non-hydrogen) atoms. The van der Waals surface area contributed by atoms with Crippen LogP contribution in [0.1, 0.15) is 16.1 Å². The van der Waals surface area contributed by atoms with Gasteiger partial charge in [0.1, 0.15) is 5.76 Å². The summed E-state index contributed by atoms with van der Waals surface area (Å²) in [4.78, 5) is 10.7. The minimum atomic E-state index is 0.307. The molecule has 0 bridgehead atoms. The van der Waals surface area contributed by atoms with Gasteiger partial charge < -0.3 is 4.42 Å². The highest BCUT2D eigenvalue weighted by atomic mass is 16.3. The average Bonchev–Trinajstić information content (AvgIpc) is 3.04. The fourth-order valence-corrected chi connectivity index (χ4v) is 2.19. The maximum absolute atomic E-state index is 10.7. The molecule has 3 aromatic rings. The predicted molar refractivity (Wildman–Crippen MR) is 79.7 cm³/mol. The van der Waals surface area contributed by atoms with E-state index in [9.17, 15) is 4.79 Å². The number of aldehydes is 1. The van der Waals surface area contributed by atoms with Crippen LogP contribution < -0.4 is 0 Å². The highest BCUT2D eigenvalue weighted by Crippen LogP contribution is 2.27. The highest BCUT2D eigenvalue weighted by molar-refractivity contribution is 5.75. The molecule has 0 fully saturated rings. The van der Waals surface area contributed by atoms with Gasteiger partial charge in [-0.1, -0.05) is 30.3 Å². The van der Waals surface area contributed by atoms with E-state index >= 15 is 0 Å². The van der Waals surface area contributed by atoms with Gasteiger partial charge in [0.15, 0.2) is 12.0 Å². The summed E-state index contributed by atoms with van der Waals surface area (Å²) in [7, 11) is 0. The number of hydrogen-bond acceptors (Lipinski definition) is 3. The molecule has 0 saturated carbocycles. The number of nitriles is 1. The van der Waals surface area contributed by atoms with Gasteiger partial charge in [-0.3, -0.25) is 4.79 Å². The first-order chi connectivity index (χ1) is 10.3. The van der Waals surface area contributed by atoms with Crippen LogP contribution in [-0.4, -0.2) is 6.29 Å². The van der Waals surface area contributed by atoms with Crippen molar-refractivity contribution in [1.82, 2.24) is 0 Å². The van der Waals surface area contributed by atoms with E-state index in [1.165, 1.54) is 0 Å². The van der Waals surface area contributed by atoms with Crippen LogP contribution in [0.5, 0.6) is 0 Å². The lowest BCUT2D eigenvalue weighted by Gasteiger charge is -2.04. The molecule has 1 heterocycles. The van der Waals surface area contributed by atoms with Gasteiger partial charge >= 0.3 is 0 Å². The molecule has 0 radical (unpaired) electrons. The van der Waals surface area contributed by atoms with Crippen molar-refractivity contribution in [3.63, 3.8) is 0 Å². The second-order valence-corrected chi connectivity index (χ2v) is 4.59. The summed E-state index contributed by atoms with van der Waals surface area (Å²) in [6.07, 6.45) is 0.684. The second kappa shape index (κ2) is 5.48. The number of carbonyl (C=O) groups is 1. The molecule has 3 rings (SSSR count). The number of benzene rings is 2. The van der Waals surface area contributed by atoms with E-state index in [1.54, 1.807) is 18.2 Å². The first kappa shape index (κ1) is 12.9. The smallest absolute Gasteiger partial charge is 0.185 e. The third-order valence-corrected chi connectivity index (χ3v) is 3.22. The number of rotatable bonds is 3. The van der Waals surface area contributed by atoms with Gasteiger partial charge in [-0.05, 0) is 41.5 Å². The highest BCUT2D eigenvalue weighted by Gasteiger charge is 2.06. The van der Waals surface area contributed by atoms with Crippen molar-refractivity contribution in [2.75, 3.05) is 0 Å². The molecule has 0 unspecified atom stereocenters. The van der Waals surface area contributed by atoms with Crippen LogP contribution in [0.3, 0.4) is 0 Å². The zero-order chi connectivity index (χ0) is 14.7. The SMILES string of the molecule is N#Cc1cccc(-c2cccc(-c3ccc(C=O)o3)c2)c1. The lowest BCUT2D eigenvalue weighted by atomic mass is 10.0. The minimum absolute atomic E-state index is 0.307. The Labute approximate surface area is 122 Å². The Hall–Kier alpha value is -3.12. The van der Waals surface area contributed by atoms with Crippen molar-refractivity contribution in [3.8, 4) is 28.5 Å². The Morgan fingerprint density at radius 1 is 0.905 bits per heavy atom. The molecule has 0 spiro atoms. The van der Waals surface area contributed by atoms with Crippen LogP contribution in [0.4, 0.5) is 0 Å². The van der Waals surface area contributed by atoms with E-state index in [0.29, 0.717) is 23.4 Å². The Morgan fingerprint density at radius 3 is 2.33 bits per heavy atom. The summed E-state index contributed by atoms with van der Waals surface area (Å²) in [6, 6.07) is 20.8. The second-order valence-electron chi connectivity index (χ2n) is 4.59. The van der Waals surface area contributed by atoms with Gasteiger partial charge in [0.2, 0.25) is 0 Å². The zero-order valence-electron chi connectivity index (χ0n) is 11.1. The Balaban J connectivity index is 2.03. The molecule has 3 heteroatoms. The largest absolute Gasteiger partial charge is 0.453 e. The molecule has 1 aromatic heterocycles. The molecule has 2 aromatic carbocycles. The van der Waals surface area contributed by atoms with Crippen LogP contribution in [0.15, 0.2) is 65.1 Å². The third kappa shape index (κ3) is 2.60. The monoisotopic (exact) mass is 273 g/mol. The quantitative estimate of drug-likeness (QED) is 0.668.